The molecule has 2 aliphatic rings. The number of fused-ring (bicyclic) bond motifs is 2. The molecule has 7 heteroatoms. The number of amides is 1. The third kappa shape index (κ3) is 4.31. The number of aromatic nitrogens is 1. The van der Waals surface area contributed by atoms with E-state index in [1.165, 1.54) is 10.6 Å². The van der Waals surface area contributed by atoms with Crippen LogP contribution in [0.1, 0.15) is 52.9 Å². The number of piperidine rings is 1. The van der Waals surface area contributed by atoms with Crippen molar-refractivity contribution >= 4 is 26.8 Å². The molecule has 6 nitrogen and oxygen atoms in total. The van der Waals surface area contributed by atoms with Gasteiger partial charge in [-0.3, -0.25) is 9.78 Å². The predicted octanol–water partition coefficient (Wildman–Crippen LogP) is 2.82. The molecule has 29 heavy (non-hydrogen) atoms. The van der Waals surface area contributed by atoms with Gasteiger partial charge in [0.15, 0.2) is 0 Å². The summed E-state index contributed by atoms with van der Waals surface area (Å²) in [4.78, 5) is 18.1. The molecule has 0 atom stereocenters. The van der Waals surface area contributed by atoms with Crippen molar-refractivity contribution in [2.24, 2.45) is 5.92 Å². The number of hydrogen-bond donors (Lipinski definition) is 1. The van der Waals surface area contributed by atoms with E-state index in [0.717, 1.165) is 71.8 Å². The smallest absolute Gasteiger partial charge is 0.252 e. The van der Waals surface area contributed by atoms with Crippen LogP contribution in [0.3, 0.4) is 0 Å². The Morgan fingerprint density at radius 2 is 1.93 bits per heavy atom. The Labute approximate surface area is 172 Å². The van der Waals surface area contributed by atoms with Gasteiger partial charge < -0.3 is 5.32 Å². The van der Waals surface area contributed by atoms with Crippen molar-refractivity contribution in [1.29, 1.82) is 0 Å². The Hall–Kier alpha value is -1.99. The Bertz CT molecular complexity index is 1040. The van der Waals surface area contributed by atoms with Crippen LogP contribution in [0.15, 0.2) is 18.2 Å². The zero-order valence-corrected chi connectivity index (χ0v) is 18.0. The Morgan fingerprint density at radius 1 is 1.21 bits per heavy atom. The maximum Gasteiger partial charge on any atom is 0.252 e. The molecular formula is C22H29N3O3S. The van der Waals surface area contributed by atoms with E-state index in [2.05, 4.69) is 11.4 Å². The SMILES string of the molecule is Cc1ccc2nc3c(c(C(=O)NCC4CCN(S(C)(=O)=O)CC4)c2c1)CCCC3. The highest BCUT2D eigenvalue weighted by Gasteiger charge is 2.27. The summed E-state index contributed by atoms with van der Waals surface area (Å²) >= 11 is 0. The first-order chi connectivity index (χ1) is 13.8. The van der Waals surface area contributed by atoms with Crippen molar-refractivity contribution in [2.45, 2.75) is 45.4 Å². The maximum atomic E-state index is 13.3. The number of carbonyl (C=O) groups excluding carboxylic acids is 1. The molecule has 1 aliphatic carbocycles. The Morgan fingerprint density at radius 3 is 2.66 bits per heavy atom. The molecular weight excluding hydrogens is 386 g/mol. The van der Waals surface area contributed by atoms with Crippen molar-refractivity contribution < 1.29 is 13.2 Å². The summed E-state index contributed by atoms with van der Waals surface area (Å²) in [6.07, 6.45) is 6.87. The molecule has 4 rings (SSSR count). The van der Waals surface area contributed by atoms with Crippen LogP contribution in [0.2, 0.25) is 0 Å². The molecule has 2 heterocycles. The van der Waals surface area contributed by atoms with Gasteiger partial charge in [-0.25, -0.2) is 12.7 Å². The van der Waals surface area contributed by atoms with Gasteiger partial charge in [-0.05, 0) is 69.1 Å². The highest BCUT2D eigenvalue weighted by atomic mass is 32.2. The molecule has 1 amide bonds. The zero-order valence-electron chi connectivity index (χ0n) is 17.2. The molecule has 0 saturated carbocycles. The minimum atomic E-state index is -3.12. The molecule has 156 valence electrons. The molecule has 0 unspecified atom stereocenters. The van der Waals surface area contributed by atoms with Crippen LogP contribution in [-0.4, -0.2) is 49.5 Å². The van der Waals surface area contributed by atoms with Crippen molar-refractivity contribution in [3.8, 4) is 0 Å². The van der Waals surface area contributed by atoms with Gasteiger partial charge in [0.25, 0.3) is 5.91 Å². The monoisotopic (exact) mass is 415 g/mol. The molecule has 0 bridgehead atoms. The van der Waals surface area contributed by atoms with Crippen LogP contribution in [0.4, 0.5) is 0 Å². The van der Waals surface area contributed by atoms with E-state index in [1.807, 2.05) is 19.1 Å². The fraction of sp³-hybridized carbons (Fsp3) is 0.545. The Kier molecular flexibility index (Phi) is 5.62. The van der Waals surface area contributed by atoms with Crippen molar-refractivity contribution in [2.75, 3.05) is 25.9 Å². The summed E-state index contributed by atoms with van der Waals surface area (Å²) < 4.78 is 24.9. The van der Waals surface area contributed by atoms with Crippen LogP contribution < -0.4 is 5.32 Å². The van der Waals surface area contributed by atoms with Crippen LogP contribution in [0.5, 0.6) is 0 Å². The van der Waals surface area contributed by atoms with Gasteiger partial charge in [0.2, 0.25) is 10.0 Å². The summed E-state index contributed by atoms with van der Waals surface area (Å²) in [5, 5.41) is 4.09. The minimum absolute atomic E-state index is 0.0216. The quantitative estimate of drug-likeness (QED) is 0.833. The second kappa shape index (κ2) is 8.03. The molecule has 0 radical (unpaired) electrons. The van der Waals surface area contributed by atoms with Crippen LogP contribution in [-0.2, 0) is 22.9 Å². The van der Waals surface area contributed by atoms with Crippen LogP contribution in [0.25, 0.3) is 10.9 Å². The number of sulfonamides is 1. The van der Waals surface area contributed by atoms with Gasteiger partial charge in [0.05, 0.1) is 17.3 Å². The first kappa shape index (κ1) is 20.3. The first-order valence-corrected chi connectivity index (χ1v) is 12.3. The Balaban J connectivity index is 1.54. The topological polar surface area (TPSA) is 79.4 Å². The average Bonchev–Trinajstić information content (AvgIpc) is 2.70. The molecule has 1 fully saturated rings. The summed E-state index contributed by atoms with van der Waals surface area (Å²) in [6, 6.07) is 6.12. The van der Waals surface area contributed by atoms with Crippen molar-refractivity contribution in [3.63, 3.8) is 0 Å². The second-order valence-electron chi connectivity index (χ2n) is 8.46. The van der Waals surface area contributed by atoms with Crippen molar-refractivity contribution in [3.05, 3.63) is 40.6 Å². The van der Waals surface area contributed by atoms with E-state index in [4.69, 9.17) is 4.98 Å². The van der Waals surface area contributed by atoms with Crippen molar-refractivity contribution in [1.82, 2.24) is 14.6 Å². The molecule has 1 aromatic carbocycles. The molecule has 1 aliphatic heterocycles. The molecule has 1 N–H and O–H groups in total. The molecule has 1 saturated heterocycles. The lowest BCUT2D eigenvalue weighted by molar-refractivity contribution is 0.0942. The van der Waals surface area contributed by atoms with Gasteiger partial charge in [0, 0.05) is 30.7 Å². The number of pyridine rings is 1. The average molecular weight is 416 g/mol. The summed E-state index contributed by atoms with van der Waals surface area (Å²) in [5.41, 5.74) is 4.99. The van der Waals surface area contributed by atoms with Gasteiger partial charge >= 0.3 is 0 Å². The summed E-state index contributed by atoms with van der Waals surface area (Å²) in [5.74, 6) is 0.286. The first-order valence-electron chi connectivity index (χ1n) is 10.5. The number of benzene rings is 1. The summed E-state index contributed by atoms with van der Waals surface area (Å²) in [7, 11) is -3.12. The summed E-state index contributed by atoms with van der Waals surface area (Å²) in [6.45, 7) is 3.69. The third-order valence-electron chi connectivity index (χ3n) is 6.24. The fourth-order valence-corrected chi connectivity index (χ4v) is 5.44. The van der Waals surface area contributed by atoms with E-state index < -0.39 is 10.0 Å². The normalized spacial score (nSPS) is 18.6. The number of hydrogen-bond acceptors (Lipinski definition) is 4. The van der Waals surface area contributed by atoms with E-state index in [0.29, 0.717) is 25.6 Å². The predicted molar refractivity (Wildman–Crippen MR) is 115 cm³/mol. The molecule has 1 aromatic heterocycles. The maximum absolute atomic E-state index is 13.3. The largest absolute Gasteiger partial charge is 0.352 e. The highest BCUT2D eigenvalue weighted by molar-refractivity contribution is 7.88. The number of nitrogens with one attached hydrogen (secondary N) is 1. The van der Waals surface area contributed by atoms with Gasteiger partial charge in [0.1, 0.15) is 0 Å². The third-order valence-corrected chi connectivity index (χ3v) is 7.54. The van der Waals surface area contributed by atoms with Crippen LogP contribution in [0, 0.1) is 12.8 Å². The highest BCUT2D eigenvalue weighted by Crippen LogP contribution is 2.30. The van der Waals surface area contributed by atoms with Gasteiger partial charge in [-0.1, -0.05) is 11.6 Å². The standard InChI is InChI=1S/C22H29N3O3S/c1-15-7-8-20-18(13-15)21(17-5-3-4-6-19(17)24-20)22(26)23-14-16-9-11-25(12-10-16)29(2,27)28/h7-8,13,16H,3-6,9-12,14H2,1-2H3,(H,23,26). The van der Waals surface area contributed by atoms with Crippen LogP contribution >= 0.6 is 0 Å². The number of rotatable bonds is 4. The lowest BCUT2D eigenvalue weighted by Gasteiger charge is -2.30. The van der Waals surface area contributed by atoms with Gasteiger partial charge in [-0.2, -0.15) is 0 Å². The lowest BCUT2D eigenvalue weighted by atomic mass is 9.89. The fourth-order valence-electron chi connectivity index (χ4n) is 4.57. The molecule has 2 aromatic rings. The lowest BCUT2D eigenvalue weighted by Crippen LogP contribution is -2.41. The van der Waals surface area contributed by atoms with E-state index in [9.17, 15) is 13.2 Å². The van der Waals surface area contributed by atoms with E-state index >= 15 is 0 Å². The number of carbonyl (C=O) groups is 1. The van der Waals surface area contributed by atoms with E-state index in [1.54, 1.807) is 0 Å². The minimum Gasteiger partial charge on any atom is -0.352 e. The van der Waals surface area contributed by atoms with E-state index in [-0.39, 0.29) is 5.91 Å². The number of nitrogens with zero attached hydrogens (tertiary/aromatic N) is 2. The number of aryl methyl sites for hydroxylation is 2. The molecule has 0 spiro atoms. The van der Waals surface area contributed by atoms with Gasteiger partial charge in [-0.15, -0.1) is 0 Å². The second-order valence-corrected chi connectivity index (χ2v) is 10.4. The zero-order chi connectivity index (χ0) is 20.6.